The van der Waals surface area contributed by atoms with Crippen molar-refractivity contribution in [2.24, 2.45) is 5.10 Å². The van der Waals surface area contributed by atoms with E-state index >= 15 is 0 Å². The molecule has 0 radical (unpaired) electrons. The van der Waals surface area contributed by atoms with Crippen LogP contribution in [0, 0.1) is 0 Å². The summed E-state index contributed by atoms with van der Waals surface area (Å²) in [5.41, 5.74) is 3.32. The van der Waals surface area contributed by atoms with Gasteiger partial charge in [-0.15, -0.1) is 0 Å². The fourth-order valence-corrected chi connectivity index (χ4v) is 0.648. The number of hydrazone groups is 1. The first-order chi connectivity index (χ1) is 5.56. The first-order valence-electron chi connectivity index (χ1n) is 3.56. The maximum atomic E-state index is 10.6. The van der Waals surface area contributed by atoms with Gasteiger partial charge in [-0.25, -0.2) is 0 Å². The van der Waals surface area contributed by atoms with E-state index in [0.717, 1.165) is 5.71 Å². The Labute approximate surface area is 77.4 Å². The topological polar surface area (TPSA) is 53.5 Å². The normalized spacial score (nSPS) is 10.8. The smallest absolute Gasteiger partial charge is 0.186 e. The van der Waals surface area contributed by atoms with Gasteiger partial charge in [-0.05, 0) is 26.1 Å². The molecule has 4 nitrogen and oxygen atoms in total. The molecule has 0 aliphatic carbocycles. The lowest BCUT2D eigenvalue weighted by Gasteiger charge is -2.01. The highest BCUT2D eigenvalue weighted by Crippen LogP contribution is 1.85. The highest BCUT2D eigenvalue weighted by Gasteiger charge is 1.96. The summed E-state index contributed by atoms with van der Waals surface area (Å²) in [5, 5.41) is 7.02. The minimum absolute atomic E-state index is 0.0911. The van der Waals surface area contributed by atoms with Crippen LogP contribution in [-0.2, 0) is 4.79 Å². The Bertz CT molecular complexity index is 213. The predicted molar refractivity (Wildman–Crippen MR) is 53.2 cm³/mol. The monoisotopic (exact) mass is 187 g/mol. The highest BCUT2D eigenvalue weighted by atomic mass is 32.1. The van der Waals surface area contributed by atoms with Crippen molar-refractivity contribution in [3.63, 3.8) is 0 Å². The summed E-state index contributed by atoms with van der Waals surface area (Å²) in [6.07, 6.45) is 0.360. The van der Waals surface area contributed by atoms with Gasteiger partial charge >= 0.3 is 0 Å². The number of thiocarbonyl (C=S) groups is 1. The Hall–Kier alpha value is -0.970. The zero-order chi connectivity index (χ0) is 9.56. The molecule has 68 valence electrons. The van der Waals surface area contributed by atoms with E-state index in [4.69, 9.17) is 12.2 Å². The molecule has 0 saturated carbocycles. The van der Waals surface area contributed by atoms with Crippen LogP contribution in [0.5, 0.6) is 0 Å². The van der Waals surface area contributed by atoms with E-state index in [1.165, 1.54) is 6.92 Å². The standard InChI is InChI=1S/C7H13N3OS/c1-5(4-6(2)11)9-10-7(12)8-3/h4H2,1-3H3,(H2,8,10,12). The number of carbonyl (C=O) groups excluding carboxylic acids is 1. The SMILES string of the molecule is CNC(=S)NN=C(C)CC(C)=O. The number of carbonyl (C=O) groups is 1. The Balaban J connectivity index is 3.84. The zero-order valence-electron chi connectivity index (χ0n) is 7.47. The van der Waals surface area contributed by atoms with Crippen LogP contribution in [0.2, 0.25) is 0 Å². The molecule has 5 heteroatoms. The van der Waals surface area contributed by atoms with Crippen molar-refractivity contribution >= 4 is 28.8 Å². The second kappa shape index (κ2) is 5.65. The van der Waals surface area contributed by atoms with E-state index < -0.39 is 0 Å². The van der Waals surface area contributed by atoms with E-state index in [1.54, 1.807) is 14.0 Å². The van der Waals surface area contributed by atoms with Gasteiger partial charge in [-0.1, -0.05) is 0 Å². The number of rotatable bonds is 3. The summed E-state index contributed by atoms with van der Waals surface area (Å²) >= 11 is 4.77. The first-order valence-corrected chi connectivity index (χ1v) is 3.97. The number of Topliss-reactive ketones (excluding diaryl/α,β-unsaturated/α-hetero) is 1. The largest absolute Gasteiger partial charge is 0.364 e. The van der Waals surface area contributed by atoms with Crippen LogP contribution in [0.1, 0.15) is 20.3 Å². The Kier molecular flexibility index (Phi) is 5.19. The second-order valence-corrected chi connectivity index (χ2v) is 2.83. The van der Waals surface area contributed by atoms with Crippen LogP contribution in [0.15, 0.2) is 5.10 Å². The summed E-state index contributed by atoms with van der Waals surface area (Å²) in [5.74, 6) is 0.0911. The van der Waals surface area contributed by atoms with Crippen molar-refractivity contribution < 1.29 is 4.79 Å². The van der Waals surface area contributed by atoms with Crippen molar-refractivity contribution in [3.8, 4) is 0 Å². The number of nitrogens with one attached hydrogen (secondary N) is 2. The summed E-state index contributed by atoms with van der Waals surface area (Å²) in [7, 11) is 1.70. The molecular weight excluding hydrogens is 174 g/mol. The van der Waals surface area contributed by atoms with Gasteiger partial charge in [-0.3, -0.25) is 10.2 Å². The van der Waals surface area contributed by atoms with Crippen LogP contribution in [-0.4, -0.2) is 23.7 Å². The van der Waals surface area contributed by atoms with Crippen molar-refractivity contribution in [1.82, 2.24) is 10.7 Å². The number of nitrogens with zero attached hydrogens (tertiary/aromatic N) is 1. The minimum Gasteiger partial charge on any atom is -0.364 e. The van der Waals surface area contributed by atoms with Crippen molar-refractivity contribution in [2.45, 2.75) is 20.3 Å². The van der Waals surface area contributed by atoms with Crippen LogP contribution >= 0.6 is 12.2 Å². The third-order valence-corrected chi connectivity index (χ3v) is 1.38. The predicted octanol–water partition coefficient (Wildman–Crippen LogP) is 0.435. The third kappa shape index (κ3) is 5.79. The van der Waals surface area contributed by atoms with E-state index in [0.29, 0.717) is 11.5 Å². The van der Waals surface area contributed by atoms with Crippen LogP contribution in [0.3, 0.4) is 0 Å². The fourth-order valence-electron chi connectivity index (χ4n) is 0.602. The molecule has 12 heavy (non-hydrogen) atoms. The summed E-state index contributed by atoms with van der Waals surface area (Å²) < 4.78 is 0. The molecule has 0 saturated heterocycles. The third-order valence-electron chi connectivity index (χ3n) is 1.08. The number of hydrogen-bond acceptors (Lipinski definition) is 3. The van der Waals surface area contributed by atoms with Crippen molar-refractivity contribution in [1.29, 1.82) is 0 Å². The molecule has 0 aromatic rings. The number of ketones is 1. The van der Waals surface area contributed by atoms with Crippen molar-refractivity contribution in [2.75, 3.05) is 7.05 Å². The molecule has 0 aromatic heterocycles. The molecule has 0 unspecified atom stereocenters. The first kappa shape index (κ1) is 11.0. The number of hydrogen-bond donors (Lipinski definition) is 2. The fraction of sp³-hybridized carbons (Fsp3) is 0.571. The van der Waals surface area contributed by atoms with Gasteiger partial charge in [0, 0.05) is 19.2 Å². The Morgan fingerprint density at radius 1 is 1.50 bits per heavy atom. The van der Waals surface area contributed by atoms with E-state index in [-0.39, 0.29) is 5.78 Å². The molecule has 0 spiro atoms. The molecular formula is C7H13N3OS. The maximum Gasteiger partial charge on any atom is 0.186 e. The van der Waals surface area contributed by atoms with Gasteiger partial charge in [-0.2, -0.15) is 5.10 Å². The van der Waals surface area contributed by atoms with Gasteiger partial charge in [0.1, 0.15) is 5.78 Å². The molecule has 0 rings (SSSR count). The summed E-state index contributed by atoms with van der Waals surface area (Å²) in [4.78, 5) is 10.6. The molecule has 2 N–H and O–H groups in total. The Morgan fingerprint density at radius 3 is 2.50 bits per heavy atom. The van der Waals surface area contributed by atoms with Crippen molar-refractivity contribution in [3.05, 3.63) is 0 Å². The zero-order valence-corrected chi connectivity index (χ0v) is 8.29. The Morgan fingerprint density at radius 2 is 2.08 bits per heavy atom. The average molecular weight is 187 g/mol. The van der Waals surface area contributed by atoms with Gasteiger partial charge in [0.2, 0.25) is 0 Å². The second-order valence-electron chi connectivity index (χ2n) is 2.42. The highest BCUT2D eigenvalue weighted by molar-refractivity contribution is 7.80. The van der Waals surface area contributed by atoms with E-state index in [1.807, 2.05) is 0 Å². The van der Waals surface area contributed by atoms with Gasteiger partial charge in [0.15, 0.2) is 5.11 Å². The van der Waals surface area contributed by atoms with Gasteiger partial charge in [0.25, 0.3) is 0 Å². The molecule has 0 heterocycles. The molecule has 0 atom stereocenters. The van der Waals surface area contributed by atoms with Gasteiger partial charge < -0.3 is 5.32 Å². The molecule has 0 aliphatic rings. The molecule has 0 aromatic carbocycles. The lowest BCUT2D eigenvalue weighted by atomic mass is 10.2. The minimum atomic E-state index is 0.0911. The van der Waals surface area contributed by atoms with Crippen LogP contribution in [0.25, 0.3) is 0 Å². The van der Waals surface area contributed by atoms with E-state index in [2.05, 4.69) is 15.8 Å². The molecule has 0 bridgehead atoms. The van der Waals surface area contributed by atoms with Crippen LogP contribution < -0.4 is 10.7 Å². The molecule has 0 amide bonds. The van der Waals surface area contributed by atoms with E-state index in [9.17, 15) is 4.79 Å². The molecule has 0 fully saturated rings. The van der Waals surface area contributed by atoms with Crippen LogP contribution in [0.4, 0.5) is 0 Å². The summed E-state index contributed by atoms with van der Waals surface area (Å²) in [6, 6.07) is 0. The molecule has 0 aliphatic heterocycles. The quantitative estimate of drug-likeness (QED) is 0.382. The lowest BCUT2D eigenvalue weighted by Crippen LogP contribution is -2.29. The average Bonchev–Trinajstić information content (AvgIpc) is 1.99. The van der Waals surface area contributed by atoms with Gasteiger partial charge in [0.05, 0.1) is 0 Å². The summed E-state index contributed by atoms with van der Waals surface area (Å²) in [6.45, 7) is 3.29. The lowest BCUT2D eigenvalue weighted by molar-refractivity contribution is -0.115. The maximum absolute atomic E-state index is 10.6.